The summed E-state index contributed by atoms with van der Waals surface area (Å²) in [4.78, 5) is 9.40. The topological polar surface area (TPSA) is 101 Å². The first-order valence-electron chi connectivity index (χ1n) is 5.09. The molecule has 0 heterocycles. The second-order valence-electron chi connectivity index (χ2n) is 3.63. The zero-order valence-corrected chi connectivity index (χ0v) is 10.9. The minimum Gasteiger partial charge on any atom is -0.383 e. The van der Waals surface area contributed by atoms with E-state index in [0.717, 1.165) is 18.2 Å². The van der Waals surface area contributed by atoms with Crippen molar-refractivity contribution < 1.29 is 26.5 Å². The van der Waals surface area contributed by atoms with E-state index >= 15 is 0 Å². The second kappa shape index (κ2) is 5.63. The van der Waals surface area contributed by atoms with Crippen molar-refractivity contribution in [2.24, 2.45) is 0 Å². The van der Waals surface area contributed by atoms with Gasteiger partial charge in [-0.15, -0.1) is 0 Å². The Labute approximate surface area is 112 Å². The summed E-state index contributed by atoms with van der Waals surface area (Å²) in [6.45, 7) is -1.72. The molecule has 0 saturated carbocycles. The van der Waals surface area contributed by atoms with Crippen molar-refractivity contribution in [2.75, 3.05) is 18.9 Å². The molecule has 0 bridgehead atoms. The van der Waals surface area contributed by atoms with Crippen LogP contribution >= 0.6 is 0 Å². The number of rotatable bonds is 5. The predicted molar refractivity (Wildman–Crippen MR) is 63.9 cm³/mol. The van der Waals surface area contributed by atoms with Crippen molar-refractivity contribution in [3.05, 3.63) is 28.3 Å². The zero-order chi connectivity index (χ0) is 15.6. The fourth-order valence-electron chi connectivity index (χ4n) is 1.30. The first kappa shape index (κ1) is 16.2. The van der Waals surface area contributed by atoms with Crippen molar-refractivity contribution >= 4 is 21.4 Å². The van der Waals surface area contributed by atoms with Gasteiger partial charge in [0.1, 0.15) is 12.2 Å². The molecule has 0 radical (unpaired) electrons. The van der Waals surface area contributed by atoms with Gasteiger partial charge in [-0.05, 0) is 12.1 Å². The van der Waals surface area contributed by atoms with Gasteiger partial charge in [-0.1, -0.05) is 0 Å². The Morgan fingerprint density at radius 2 is 1.95 bits per heavy atom. The van der Waals surface area contributed by atoms with E-state index in [4.69, 9.17) is 0 Å². The second-order valence-corrected chi connectivity index (χ2v) is 5.39. The fraction of sp³-hybridized carbons (Fsp3) is 0.333. The minimum absolute atomic E-state index is 0.120. The van der Waals surface area contributed by atoms with Crippen LogP contribution in [0.3, 0.4) is 0 Å². The van der Waals surface area contributed by atoms with E-state index < -0.39 is 32.6 Å². The van der Waals surface area contributed by atoms with Crippen molar-refractivity contribution in [1.82, 2.24) is 4.72 Å². The van der Waals surface area contributed by atoms with E-state index in [1.54, 1.807) is 0 Å². The summed E-state index contributed by atoms with van der Waals surface area (Å²) >= 11 is 0. The number of nitrogens with zero attached hydrogens (tertiary/aromatic N) is 1. The predicted octanol–water partition coefficient (Wildman–Crippen LogP) is 1.48. The molecule has 0 unspecified atom stereocenters. The van der Waals surface area contributed by atoms with Gasteiger partial charge in [0.05, 0.1) is 9.82 Å². The highest BCUT2D eigenvalue weighted by atomic mass is 32.2. The first-order valence-corrected chi connectivity index (χ1v) is 6.58. The molecule has 2 N–H and O–H groups in total. The quantitative estimate of drug-likeness (QED) is 0.633. The summed E-state index contributed by atoms with van der Waals surface area (Å²) in [6.07, 6.45) is -4.69. The molecule has 1 rings (SSSR count). The Morgan fingerprint density at radius 1 is 1.35 bits per heavy atom. The number of sulfonamides is 1. The van der Waals surface area contributed by atoms with Crippen LogP contribution in [0.15, 0.2) is 23.1 Å². The van der Waals surface area contributed by atoms with Gasteiger partial charge in [-0.2, -0.15) is 13.2 Å². The molecule has 0 amide bonds. The maximum absolute atomic E-state index is 12.0. The highest BCUT2D eigenvalue weighted by molar-refractivity contribution is 7.89. The standard InChI is InChI=1S/C9H10F3N3O4S/c1-13-7-4-6(2-3-8(7)15(16)17)20(18,19)14-5-9(10,11)12/h2-4,13-14H,5H2,1H3. The van der Waals surface area contributed by atoms with Crippen LogP contribution in [0.4, 0.5) is 24.5 Å². The van der Waals surface area contributed by atoms with Gasteiger partial charge in [-0.25, -0.2) is 13.1 Å². The molecule has 7 nitrogen and oxygen atoms in total. The van der Waals surface area contributed by atoms with Crippen LogP contribution in [0.1, 0.15) is 0 Å². The Morgan fingerprint density at radius 3 is 2.40 bits per heavy atom. The molecular formula is C9H10F3N3O4S. The summed E-state index contributed by atoms with van der Waals surface area (Å²) in [7, 11) is -3.08. The van der Waals surface area contributed by atoms with Crippen LogP contribution in [-0.2, 0) is 10.0 Å². The highest BCUT2D eigenvalue weighted by Crippen LogP contribution is 2.27. The van der Waals surface area contributed by atoms with Crippen LogP contribution < -0.4 is 10.0 Å². The van der Waals surface area contributed by atoms with Crippen LogP contribution in [-0.4, -0.2) is 33.1 Å². The average Bonchev–Trinajstić information content (AvgIpc) is 2.34. The van der Waals surface area contributed by atoms with Gasteiger partial charge in [0.15, 0.2) is 0 Å². The Balaban J connectivity index is 3.11. The number of nitro benzene ring substituents is 1. The molecule has 0 aliphatic carbocycles. The lowest BCUT2D eigenvalue weighted by atomic mass is 10.3. The number of hydrogen-bond donors (Lipinski definition) is 2. The van der Waals surface area contributed by atoms with Crippen LogP contribution in [0, 0.1) is 10.1 Å². The lowest BCUT2D eigenvalue weighted by molar-refractivity contribution is -0.384. The third-order valence-electron chi connectivity index (χ3n) is 2.21. The normalized spacial score (nSPS) is 12.2. The van der Waals surface area contributed by atoms with E-state index in [-0.39, 0.29) is 11.4 Å². The van der Waals surface area contributed by atoms with Gasteiger partial charge in [-0.3, -0.25) is 10.1 Å². The van der Waals surface area contributed by atoms with Crippen LogP contribution in [0.5, 0.6) is 0 Å². The lowest BCUT2D eigenvalue weighted by Crippen LogP contribution is -2.33. The average molecular weight is 313 g/mol. The summed E-state index contributed by atoms with van der Waals surface area (Å²) in [5.74, 6) is 0. The Bertz CT molecular complexity index is 615. The molecule has 0 aliphatic rings. The van der Waals surface area contributed by atoms with E-state index in [1.807, 2.05) is 0 Å². The summed E-state index contributed by atoms with van der Waals surface area (Å²) in [6, 6.07) is 2.64. The van der Waals surface area contributed by atoms with Crippen molar-refractivity contribution in [3.63, 3.8) is 0 Å². The van der Waals surface area contributed by atoms with Crippen molar-refractivity contribution in [3.8, 4) is 0 Å². The van der Waals surface area contributed by atoms with E-state index in [2.05, 4.69) is 5.32 Å². The van der Waals surface area contributed by atoms with Gasteiger partial charge in [0.25, 0.3) is 5.69 Å². The lowest BCUT2D eigenvalue weighted by Gasteiger charge is -2.10. The molecular weight excluding hydrogens is 303 g/mol. The molecule has 1 aromatic carbocycles. The zero-order valence-electron chi connectivity index (χ0n) is 10.1. The number of nitrogens with one attached hydrogen (secondary N) is 2. The van der Waals surface area contributed by atoms with Crippen molar-refractivity contribution in [2.45, 2.75) is 11.1 Å². The third kappa shape index (κ3) is 4.06. The number of hydrogen-bond acceptors (Lipinski definition) is 5. The molecule has 0 fully saturated rings. The molecule has 0 spiro atoms. The number of halogens is 3. The Kier molecular flexibility index (Phi) is 4.55. The fourth-order valence-corrected chi connectivity index (χ4v) is 2.34. The molecule has 0 aromatic heterocycles. The minimum atomic E-state index is -4.69. The third-order valence-corrected chi connectivity index (χ3v) is 3.61. The maximum Gasteiger partial charge on any atom is 0.402 e. The van der Waals surface area contributed by atoms with Crippen molar-refractivity contribution in [1.29, 1.82) is 0 Å². The monoisotopic (exact) mass is 313 g/mol. The van der Waals surface area contributed by atoms with Gasteiger partial charge in [0.2, 0.25) is 10.0 Å². The van der Waals surface area contributed by atoms with Crippen LogP contribution in [0.2, 0.25) is 0 Å². The summed E-state index contributed by atoms with van der Waals surface area (Å²) < 4.78 is 60.6. The molecule has 1 aromatic rings. The number of benzene rings is 1. The summed E-state index contributed by atoms with van der Waals surface area (Å²) in [5.41, 5.74) is -0.507. The Hall–Kier alpha value is -1.88. The van der Waals surface area contributed by atoms with Crippen LogP contribution in [0.25, 0.3) is 0 Å². The van der Waals surface area contributed by atoms with Gasteiger partial charge >= 0.3 is 6.18 Å². The number of anilines is 1. The summed E-state index contributed by atoms with van der Waals surface area (Å²) in [5, 5.41) is 13.1. The molecule has 0 aliphatic heterocycles. The number of alkyl halides is 3. The maximum atomic E-state index is 12.0. The van der Waals surface area contributed by atoms with E-state index in [1.165, 1.54) is 11.8 Å². The largest absolute Gasteiger partial charge is 0.402 e. The molecule has 0 saturated heterocycles. The molecule has 20 heavy (non-hydrogen) atoms. The first-order chi connectivity index (χ1) is 9.07. The molecule has 112 valence electrons. The van der Waals surface area contributed by atoms with Gasteiger partial charge < -0.3 is 5.32 Å². The van der Waals surface area contributed by atoms with E-state index in [0.29, 0.717) is 0 Å². The SMILES string of the molecule is CNc1cc(S(=O)(=O)NCC(F)(F)F)ccc1[N+](=O)[O-]. The molecule has 11 heteroatoms. The molecule has 0 atom stereocenters. The van der Waals surface area contributed by atoms with Gasteiger partial charge in [0, 0.05) is 13.1 Å². The highest BCUT2D eigenvalue weighted by Gasteiger charge is 2.30. The smallest absolute Gasteiger partial charge is 0.383 e. The number of nitro groups is 1. The van der Waals surface area contributed by atoms with E-state index in [9.17, 15) is 31.7 Å².